The highest BCUT2D eigenvalue weighted by Gasteiger charge is 2.18. The molecule has 0 aliphatic carbocycles. The molecule has 0 aromatic rings. The van der Waals surface area contributed by atoms with Crippen LogP contribution in [0.4, 0.5) is 0 Å². The number of hydrogen-bond donors (Lipinski definition) is 3. The van der Waals surface area contributed by atoms with Gasteiger partial charge in [0.05, 0.1) is 25.4 Å². The van der Waals surface area contributed by atoms with Crippen molar-refractivity contribution in [1.29, 1.82) is 0 Å². The van der Waals surface area contributed by atoms with E-state index in [1.54, 1.807) is 6.08 Å². The van der Waals surface area contributed by atoms with Crippen LogP contribution in [0, 0.1) is 0 Å². The Bertz CT molecular complexity index is 1120. The zero-order chi connectivity index (χ0) is 50.0. The highest BCUT2D eigenvalue weighted by atomic mass is 16.5. The van der Waals surface area contributed by atoms with E-state index in [-0.39, 0.29) is 18.5 Å². The van der Waals surface area contributed by atoms with Crippen molar-refractivity contribution in [3.63, 3.8) is 0 Å². The molecule has 0 aliphatic heterocycles. The third-order valence-corrected chi connectivity index (χ3v) is 14.1. The van der Waals surface area contributed by atoms with Crippen LogP contribution in [-0.2, 0) is 14.3 Å². The molecule has 0 saturated carbocycles. The molecule has 0 saturated heterocycles. The molecule has 0 heterocycles. The van der Waals surface area contributed by atoms with Gasteiger partial charge in [0.25, 0.3) is 0 Å². The Hall–Kier alpha value is -1.92. The lowest BCUT2D eigenvalue weighted by molar-refractivity contribution is -0.143. The monoisotopic (exact) mass is 970 g/mol. The van der Waals surface area contributed by atoms with Crippen molar-refractivity contribution in [1.82, 2.24) is 5.32 Å². The molecule has 0 spiro atoms. The second kappa shape index (κ2) is 58.6. The smallest absolute Gasteiger partial charge is 0.305 e. The van der Waals surface area contributed by atoms with E-state index in [0.29, 0.717) is 19.4 Å². The van der Waals surface area contributed by atoms with Gasteiger partial charge in [-0.05, 0) is 83.5 Å². The van der Waals surface area contributed by atoms with Crippen LogP contribution >= 0.6 is 0 Å². The van der Waals surface area contributed by atoms with Crippen LogP contribution in [0.25, 0.3) is 0 Å². The SMILES string of the molecule is CCCCCCCCC/C=C\CCCCCCCC(=O)OCCCCCCCCCCCCCC/C=C\CCCCCCCCCC(=O)NC(CO)C(O)/C=C/CCCCCCCCCCCCC. The molecule has 1 amide bonds. The number of unbranched alkanes of at least 4 members (excludes halogenated alkanes) is 42. The van der Waals surface area contributed by atoms with Gasteiger partial charge < -0.3 is 20.3 Å². The first-order valence-corrected chi connectivity index (χ1v) is 30.8. The normalized spacial score (nSPS) is 12.8. The third kappa shape index (κ3) is 55.2. The summed E-state index contributed by atoms with van der Waals surface area (Å²) in [7, 11) is 0. The second-order valence-electron chi connectivity index (χ2n) is 21.0. The van der Waals surface area contributed by atoms with E-state index in [2.05, 4.69) is 43.5 Å². The minimum Gasteiger partial charge on any atom is -0.466 e. The average Bonchev–Trinajstić information content (AvgIpc) is 3.35. The predicted octanol–water partition coefficient (Wildman–Crippen LogP) is 19.2. The van der Waals surface area contributed by atoms with Crippen molar-refractivity contribution < 1.29 is 24.5 Å². The van der Waals surface area contributed by atoms with Gasteiger partial charge in [-0.25, -0.2) is 0 Å². The number of ether oxygens (including phenoxy) is 1. The van der Waals surface area contributed by atoms with Gasteiger partial charge in [-0.3, -0.25) is 9.59 Å². The zero-order valence-electron chi connectivity index (χ0n) is 46.3. The molecule has 3 N–H and O–H groups in total. The third-order valence-electron chi connectivity index (χ3n) is 14.1. The maximum absolute atomic E-state index is 12.4. The van der Waals surface area contributed by atoms with Crippen molar-refractivity contribution in [3.8, 4) is 0 Å². The molecule has 69 heavy (non-hydrogen) atoms. The molecule has 6 nitrogen and oxygen atoms in total. The van der Waals surface area contributed by atoms with Crippen LogP contribution in [0.2, 0.25) is 0 Å². The molecule has 0 rings (SSSR count). The van der Waals surface area contributed by atoms with Gasteiger partial charge in [0.2, 0.25) is 5.91 Å². The van der Waals surface area contributed by atoms with Crippen LogP contribution in [0.15, 0.2) is 36.5 Å². The number of allylic oxidation sites excluding steroid dienone is 5. The van der Waals surface area contributed by atoms with Crippen LogP contribution < -0.4 is 5.32 Å². The number of carbonyl (C=O) groups is 2. The van der Waals surface area contributed by atoms with E-state index in [1.807, 2.05) is 6.08 Å². The fraction of sp³-hybridized carbons (Fsp3) is 0.873. The Morgan fingerprint density at radius 3 is 1.03 bits per heavy atom. The summed E-state index contributed by atoms with van der Waals surface area (Å²) in [5.41, 5.74) is 0. The van der Waals surface area contributed by atoms with E-state index < -0.39 is 12.1 Å². The number of hydrogen-bond acceptors (Lipinski definition) is 5. The average molecular weight is 971 g/mol. The quantitative estimate of drug-likeness (QED) is 0.0321. The van der Waals surface area contributed by atoms with E-state index in [1.165, 1.54) is 250 Å². The fourth-order valence-electron chi connectivity index (χ4n) is 9.39. The molecular formula is C63H119NO5. The highest BCUT2D eigenvalue weighted by molar-refractivity contribution is 5.76. The van der Waals surface area contributed by atoms with E-state index >= 15 is 0 Å². The number of nitrogens with one attached hydrogen (secondary N) is 1. The summed E-state index contributed by atoms with van der Waals surface area (Å²) in [6.07, 6.45) is 73.2. The Labute approximate surface area is 430 Å². The lowest BCUT2D eigenvalue weighted by Gasteiger charge is -2.20. The standard InChI is InChI=1S/C63H119NO5/c1-3-5-7-9-11-13-15-17-18-29-33-37-41-45-49-53-57-63(68)69-58-54-50-46-42-38-34-30-27-25-23-21-19-20-22-24-26-28-32-36-40-44-48-52-56-62(67)64-60(59-65)61(66)55-51-47-43-39-35-31-16-14-12-10-8-6-4-2/h18,22,24,29,51,55,60-61,65-66H,3-17,19-21,23,25-28,30-50,52-54,56-59H2,1-2H3,(H,64,67)/b24-22-,29-18-,55-51+. The number of carbonyl (C=O) groups excluding carboxylic acids is 2. The summed E-state index contributed by atoms with van der Waals surface area (Å²) >= 11 is 0. The van der Waals surface area contributed by atoms with Gasteiger partial charge in [-0.15, -0.1) is 0 Å². The number of aliphatic hydroxyl groups is 2. The highest BCUT2D eigenvalue weighted by Crippen LogP contribution is 2.16. The molecule has 2 unspecified atom stereocenters. The van der Waals surface area contributed by atoms with Gasteiger partial charge in [0.15, 0.2) is 0 Å². The van der Waals surface area contributed by atoms with Crippen molar-refractivity contribution in [2.75, 3.05) is 13.2 Å². The number of amides is 1. The number of rotatable bonds is 57. The van der Waals surface area contributed by atoms with E-state index in [4.69, 9.17) is 4.74 Å². The topological polar surface area (TPSA) is 95.9 Å². The molecule has 406 valence electrons. The molecular weight excluding hydrogens is 851 g/mol. The summed E-state index contributed by atoms with van der Waals surface area (Å²) in [6.45, 7) is 4.90. The molecule has 2 atom stereocenters. The van der Waals surface area contributed by atoms with Gasteiger partial charge >= 0.3 is 5.97 Å². The first kappa shape index (κ1) is 67.1. The maximum Gasteiger partial charge on any atom is 0.305 e. The first-order valence-electron chi connectivity index (χ1n) is 30.8. The van der Waals surface area contributed by atoms with Gasteiger partial charge in [-0.2, -0.15) is 0 Å². The summed E-state index contributed by atoms with van der Waals surface area (Å²) in [5, 5.41) is 23.1. The second-order valence-corrected chi connectivity index (χ2v) is 21.0. The van der Waals surface area contributed by atoms with Crippen LogP contribution in [-0.4, -0.2) is 47.4 Å². The Morgan fingerprint density at radius 1 is 0.391 bits per heavy atom. The molecule has 0 fully saturated rings. The number of aliphatic hydroxyl groups excluding tert-OH is 2. The Balaban J connectivity index is 3.42. The fourth-order valence-corrected chi connectivity index (χ4v) is 9.39. The van der Waals surface area contributed by atoms with Gasteiger partial charge in [0, 0.05) is 12.8 Å². The summed E-state index contributed by atoms with van der Waals surface area (Å²) in [4.78, 5) is 24.5. The van der Waals surface area contributed by atoms with Crippen LogP contribution in [0.5, 0.6) is 0 Å². The lowest BCUT2D eigenvalue weighted by atomic mass is 10.0. The van der Waals surface area contributed by atoms with Gasteiger partial charge in [0.1, 0.15) is 0 Å². The molecule has 0 bridgehead atoms. The number of esters is 1. The molecule has 0 radical (unpaired) electrons. The molecule has 0 aromatic carbocycles. The summed E-state index contributed by atoms with van der Waals surface area (Å²) in [6, 6.07) is -0.632. The lowest BCUT2D eigenvalue weighted by Crippen LogP contribution is -2.45. The van der Waals surface area contributed by atoms with Gasteiger partial charge in [-0.1, -0.05) is 269 Å². The predicted molar refractivity (Wildman–Crippen MR) is 301 cm³/mol. The van der Waals surface area contributed by atoms with Crippen LogP contribution in [0.1, 0.15) is 328 Å². The largest absolute Gasteiger partial charge is 0.466 e. The summed E-state index contributed by atoms with van der Waals surface area (Å²) in [5.74, 6) is -0.0708. The van der Waals surface area contributed by atoms with Crippen molar-refractivity contribution in [2.24, 2.45) is 0 Å². The zero-order valence-corrected chi connectivity index (χ0v) is 46.3. The molecule has 0 aliphatic rings. The van der Waals surface area contributed by atoms with Crippen LogP contribution in [0.3, 0.4) is 0 Å². The summed E-state index contributed by atoms with van der Waals surface area (Å²) < 4.78 is 5.48. The van der Waals surface area contributed by atoms with Crippen molar-refractivity contribution >= 4 is 11.9 Å². The first-order chi connectivity index (χ1) is 34.0. The minimum atomic E-state index is -0.848. The molecule has 6 heteroatoms. The molecule has 0 aromatic heterocycles. The Morgan fingerprint density at radius 2 is 0.681 bits per heavy atom. The maximum atomic E-state index is 12.4. The Kier molecular flexibility index (Phi) is 57.0. The van der Waals surface area contributed by atoms with Crippen molar-refractivity contribution in [2.45, 2.75) is 341 Å². The van der Waals surface area contributed by atoms with E-state index in [9.17, 15) is 19.8 Å². The minimum absolute atomic E-state index is 0.00349. The van der Waals surface area contributed by atoms with Crippen molar-refractivity contribution in [3.05, 3.63) is 36.5 Å². The van der Waals surface area contributed by atoms with E-state index in [0.717, 1.165) is 51.4 Å².